The summed E-state index contributed by atoms with van der Waals surface area (Å²) in [7, 11) is -6.08. The molecule has 1 spiro atoms. The molecule has 2 aliphatic heterocycles. The van der Waals surface area contributed by atoms with E-state index in [1.54, 1.807) is 24.3 Å². The third-order valence-electron chi connectivity index (χ3n) is 8.35. The van der Waals surface area contributed by atoms with Crippen molar-refractivity contribution in [2.75, 3.05) is 39.9 Å². The number of aliphatic hydroxyl groups is 1. The fourth-order valence-electron chi connectivity index (χ4n) is 5.68. The van der Waals surface area contributed by atoms with Gasteiger partial charge in [-0.25, -0.2) is 21.6 Å². The molecular weight excluding hydrogens is 647 g/mol. The maximum atomic E-state index is 13.4. The Morgan fingerprint density at radius 3 is 2.22 bits per heavy atom. The number of alkyl halides is 3. The van der Waals surface area contributed by atoms with Crippen molar-refractivity contribution in [2.45, 2.75) is 53.0 Å². The van der Waals surface area contributed by atoms with Crippen LogP contribution in [0.2, 0.25) is 0 Å². The van der Waals surface area contributed by atoms with Gasteiger partial charge in [0.05, 0.1) is 27.6 Å². The fourth-order valence-corrected chi connectivity index (χ4v) is 7.89. The van der Waals surface area contributed by atoms with E-state index in [9.17, 15) is 35.1 Å². The highest BCUT2D eigenvalue weighted by Crippen LogP contribution is 2.38. The zero-order chi connectivity index (χ0) is 33.2. The van der Waals surface area contributed by atoms with E-state index in [-0.39, 0.29) is 42.1 Å². The molecule has 0 saturated carbocycles. The Hall–Kier alpha value is -3.05. The third-order valence-corrected chi connectivity index (χ3v) is 11.7. The quantitative estimate of drug-likeness (QED) is 0.279. The summed E-state index contributed by atoms with van der Waals surface area (Å²) in [5, 5.41) is 13.7. The van der Waals surface area contributed by atoms with E-state index in [0.29, 0.717) is 42.7 Å². The second-order valence-corrected chi connectivity index (χ2v) is 15.3. The minimum absolute atomic E-state index is 0.0420. The van der Waals surface area contributed by atoms with Gasteiger partial charge in [0.2, 0.25) is 20.0 Å². The molecule has 5 rings (SSSR count). The molecule has 2 heterocycles. The van der Waals surface area contributed by atoms with E-state index in [0.717, 1.165) is 12.1 Å². The van der Waals surface area contributed by atoms with E-state index in [2.05, 4.69) is 10.0 Å². The highest BCUT2D eigenvalue weighted by molar-refractivity contribution is 7.89. The molecule has 2 atom stereocenters. The Morgan fingerprint density at radius 1 is 0.978 bits per heavy atom. The van der Waals surface area contributed by atoms with Gasteiger partial charge in [0.1, 0.15) is 18.5 Å². The topological polar surface area (TPSA) is 134 Å². The van der Waals surface area contributed by atoms with Gasteiger partial charge in [0.15, 0.2) is 0 Å². The van der Waals surface area contributed by atoms with Crippen LogP contribution in [0.3, 0.4) is 0 Å². The van der Waals surface area contributed by atoms with Crippen LogP contribution in [0, 0.1) is 0 Å². The van der Waals surface area contributed by atoms with Crippen molar-refractivity contribution >= 4 is 20.0 Å². The number of nitrogens with zero attached hydrogens (tertiary/aromatic N) is 1. The Labute approximate surface area is 266 Å². The molecule has 3 aromatic rings. The molecule has 46 heavy (non-hydrogen) atoms. The van der Waals surface area contributed by atoms with Gasteiger partial charge in [-0.3, -0.25) is 0 Å². The summed E-state index contributed by atoms with van der Waals surface area (Å²) in [5.74, 6) is 0.315. The summed E-state index contributed by atoms with van der Waals surface area (Å²) in [6.45, 7) is 1.13. The molecule has 2 saturated heterocycles. The number of rotatable bonds is 11. The number of hydrogen-bond acceptors (Lipinski definition) is 8. The van der Waals surface area contributed by atoms with Crippen LogP contribution in [0.15, 0.2) is 82.6 Å². The molecule has 2 fully saturated rings. The number of benzene rings is 3. The number of nitrogens with one attached hydrogen (secondary N) is 2. The molecule has 3 aromatic carbocycles. The van der Waals surface area contributed by atoms with Gasteiger partial charge in [-0.05, 0) is 73.8 Å². The number of ether oxygens (including phenoxy) is 2. The van der Waals surface area contributed by atoms with Crippen LogP contribution in [0.5, 0.6) is 5.75 Å². The van der Waals surface area contributed by atoms with Crippen LogP contribution in [0.1, 0.15) is 24.8 Å². The predicted molar refractivity (Wildman–Crippen MR) is 164 cm³/mol. The van der Waals surface area contributed by atoms with Crippen molar-refractivity contribution in [1.82, 2.24) is 14.3 Å². The first-order valence-corrected chi connectivity index (χ1v) is 17.6. The smallest absolute Gasteiger partial charge is 0.416 e. The molecule has 0 bridgehead atoms. The highest BCUT2D eigenvalue weighted by atomic mass is 32.2. The van der Waals surface area contributed by atoms with Crippen molar-refractivity contribution in [1.29, 1.82) is 0 Å². The van der Waals surface area contributed by atoms with Crippen LogP contribution < -0.4 is 14.8 Å². The number of sulfonamides is 2. The SMILES string of the molecule is CNS(=O)(=O)c1cccc(OCC(O)CNC2COC3(CCN(S(=O)(=O)c4ccc(-c5ccc(C(F)(F)F)cc5)cc4)CC3)C2)c1. The Balaban J connectivity index is 1.09. The van der Waals surface area contributed by atoms with Crippen LogP contribution in [0.4, 0.5) is 13.2 Å². The van der Waals surface area contributed by atoms with Gasteiger partial charge in [-0.1, -0.05) is 30.3 Å². The molecule has 0 amide bonds. The average Bonchev–Trinajstić information content (AvgIpc) is 3.44. The Bertz CT molecular complexity index is 1710. The first kappa shape index (κ1) is 34.3. The first-order valence-electron chi connectivity index (χ1n) is 14.7. The Morgan fingerprint density at radius 2 is 1.61 bits per heavy atom. The number of hydrogen-bond donors (Lipinski definition) is 3. The van der Waals surface area contributed by atoms with Crippen LogP contribution >= 0.6 is 0 Å². The standard InChI is InChI=1S/C31H36F3N3O7S2/c1-35-45(39,40)29-4-2-3-27(17-29)43-21-26(38)19-36-25-18-30(44-20-25)13-15-37(16-14-30)46(41,42)28-11-7-23(8-12-28)22-5-9-24(10-6-22)31(32,33)34/h2-12,17,25-26,35-36,38H,13-16,18-21H2,1H3. The maximum absolute atomic E-state index is 13.4. The normalized spacial score (nSPS) is 19.7. The van der Waals surface area contributed by atoms with Gasteiger partial charge < -0.3 is 19.9 Å². The monoisotopic (exact) mass is 683 g/mol. The lowest BCUT2D eigenvalue weighted by atomic mass is 9.88. The first-order chi connectivity index (χ1) is 21.7. The zero-order valence-electron chi connectivity index (χ0n) is 25.0. The minimum atomic E-state index is -4.43. The van der Waals surface area contributed by atoms with Crippen molar-refractivity contribution in [3.05, 3.63) is 78.4 Å². The summed E-state index contributed by atoms with van der Waals surface area (Å²) < 4.78 is 105. The van der Waals surface area contributed by atoms with Crippen LogP contribution in [-0.4, -0.2) is 83.9 Å². The fraction of sp³-hybridized carbons (Fsp3) is 0.419. The van der Waals surface area contributed by atoms with Crippen LogP contribution in [0.25, 0.3) is 11.1 Å². The predicted octanol–water partition coefficient (Wildman–Crippen LogP) is 3.62. The molecular formula is C31H36F3N3O7S2. The largest absolute Gasteiger partial charge is 0.491 e. The number of piperidine rings is 1. The summed E-state index contributed by atoms with van der Waals surface area (Å²) in [6.07, 6.45) is -3.63. The Kier molecular flexibility index (Phi) is 10.1. The lowest BCUT2D eigenvalue weighted by Crippen LogP contribution is -2.47. The van der Waals surface area contributed by atoms with E-state index < -0.39 is 43.5 Å². The van der Waals surface area contributed by atoms with Crippen molar-refractivity contribution < 1.29 is 44.6 Å². The molecule has 0 radical (unpaired) electrons. The molecule has 0 aliphatic carbocycles. The number of halogens is 3. The van der Waals surface area contributed by atoms with Gasteiger partial charge in [0.25, 0.3) is 0 Å². The molecule has 10 nitrogen and oxygen atoms in total. The highest BCUT2D eigenvalue weighted by Gasteiger charge is 2.44. The summed E-state index contributed by atoms with van der Waals surface area (Å²) in [6, 6.07) is 16.8. The van der Waals surface area contributed by atoms with Crippen molar-refractivity contribution in [2.24, 2.45) is 0 Å². The third kappa shape index (κ3) is 7.90. The zero-order valence-corrected chi connectivity index (χ0v) is 26.7. The molecule has 2 unspecified atom stereocenters. The molecule has 250 valence electrons. The van der Waals surface area contributed by atoms with E-state index in [4.69, 9.17) is 9.47 Å². The van der Waals surface area contributed by atoms with Crippen LogP contribution in [-0.2, 0) is 31.0 Å². The summed E-state index contributed by atoms with van der Waals surface area (Å²) in [5.41, 5.74) is -0.0731. The van der Waals surface area contributed by atoms with E-state index in [1.165, 1.54) is 47.8 Å². The van der Waals surface area contributed by atoms with Gasteiger partial charge in [-0.15, -0.1) is 0 Å². The number of aliphatic hydroxyl groups excluding tert-OH is 1. The molecule has 0 aromatic heterocycles. The summed E-state index contributed by atoms with van der Waals surface area (Å²) in [4.78, 5) is 0.166. The second-order valence-electron chi connectivity index (χ2n) is 11.5. The lowest BCUT2D eigenvalue weighted by Gasteiger charge is -2.38. The lowest BCUT2D eigenvalue weighted by molar-refractivity contribution is -0.137. The van der Waals surface area contributed by atoms with Gasteiger partial charge in [0, 0.05) is 31.7 Å². The molecule has 3 N–H and O–H groups in total. The molecule has 15 heteroatoms. The van der Waals surface area contributed by atoms with E-state index >= 15 is 0 Å². The van der Waals surface area contributed by atoms with Crippen molar-refractivity contribution in [3.63, 3.8) is 0 Å². The van der Waals surface area contributed by atoms with E-state index in [1.807, 2.05) is 0 Å². The minimum Gasteiger partial charge on any atom is -0.491 e. The average molecular weight is 684 g/mol. The molecule has 2 aliphatic rings. The maximum Gasteiger partial charge on any atom is 0.416 e. The summed E-state index contributed by atoms with van der Waals surface area (Å²) >= 11 is 0. The van der Waals surface area contributed by atoms with Gasteiger partial charge >= 0.3 is 6.18 Å². The van der Waals surface area contributed by atoms with Gasteiger partial charge in [-0.2, -0.15) is 17.5 Å². The second kappa shape index (κ2) is 13.6. The van der Waals surface area contributed by atoms with Crippen molar-refractivity contribution in [3.8, 4) is 16.9 Å².